The highest BCUT2D eigenvalue weighted by molar-refractivity contribution is 5.34. The molecule has 0 radical (unpaired) electrons. The van der Waals surface area contributed by atoms with E-state index in [-0.39, 0.29) is 0 Å². The molecule has 0 aliphatic heterocycles. The first kappa shape index (κ1) is 14.0. The Morgan fingerprint density at radius 1 is 1.05 bits per heavy atom. The molecule has 21 heavy (non-hydrogen) atoms. The molecule has 0 spiro atoms. The van der Waals surface area contributed by atoms with Crippen LogP contribution in [0.5, 0.6) is 11.5 Å². The lowest BCUT2D eigenvalue weighted by Gasteiger charge is -2.14. The van der Waals surface area contributed by atoms with Crippen LogP contribution in [0.15, 0.2) is 48.5 Å². The molecule has 2 aromatic rings. The molecule has 1 aliphatic rings. The van der Waals surface area contributed by atoms with Crippen molar-refractivity contribution in [3.63, 3.8) is 0 Å². The van der Waals surface area contributed by atoms with Gasteiger partial charge in [0.05, 0.1) is 7.11 Å². The van der Waals surface area contributed by atoms with Gasteiger partial charge in [0.25, 0.3) is 0 Å². The van der Waals surface area contributed by atoms with E-state index < -0.39 is 0 Å². The van der Waals surface area contributed by atoms with Crippen molar-refractivity contribution in [3.8, 4) is 11.5 Å². The van der Waals surface area contributed by atoms with Crippen LogP contribution in [0.1, 0.15) is 23.6 Å². The average Bonchev–Trinajstić information content (AvgIpc) is 2.95. The van der Waals surface area contributed by atoms with Gasteiger partial charge in [0.15, 0.2) is 0 Å². The van der Waals surface area contributed by atoms with Gasteiger partial charge in [0.1, 0.15) is 18.1 Å². The van der Waals surface area contributed by atoms with Gasteiger partial charge in [-0.25, -0.2) is 0 Å². The van der Waals surface area contributed by atoms with Crippen molar-refractivity contribution >= 4 is 0 Å². The van der Waals surface area contributed by atoms with E-state index in [0.717, 1.165) is 18.0 Å². The Kier molecular flexibility index (Phi) is 4.41. The molecule has 110 valence electrons. The second kappa shape index (κ2) is 6.64. The molecule has 2 aromatic carbocycles. The second-order valence-electron chi connectivity index (χ2n) is 5.27. The minimum atomic E-state index is 0.473. The summed E-state index contributed by atoms with van der Waals surface area (Å²) in [5.41, 5.74) is 2.92. The van der Waals surface area contributed by atoms with Crippen molar-refractivity contribution in [3.05, 3.63) is 59.7 Å². The Hall–Kier alpha value is -2.00. The molecule has 0 bridgehead atoms. The minimum absolute atomic E-state index is 0.473. The highest BCUT2D eigenvalue weighted by atomic mass is 16.5. The van der Waals surface area contributed by atoms with Crippen LogP contribution < -0.4 is 14.8 Å². The van der Waals surface area contributed by atoms with E-state index in [9.17, 15) is 0 Å². The highest BCUT2D eigenvalue weighted by Crippen LogP contribution is 2.30. The van der Waals surface area contributed by atoms with Gasteiger partial charge in [-0.15, -0.1) is 0 Å². The first-order valence-corrected chi connectivity index (χ1v) is 7.45. The van der Waals surface area contributed by atoms with Gasteiger partial charge in [-0.3, -0.25) is 0 Å². The lowest BCUT2D eigenvalue weighted by molar-refractivity contribution is 0.304. The van der Waals surface area contributed by atoms with Crippen molar-refractivity contribution in [2.45, 2.75) is 18.9 Å². The minimum Gasteiger partial charge on any atom is -0.497 e. The maximum atomic E-state index is 5.74. The monoisotopic (exact) mass is 283 g/mol. The fourth-order valence-electron chi connectivity index (χ4n) is 2.84. The summed E-state index contributed by atoms with van der Waals surface area (Å²) in [7, 11) is 1.67. The van der Waals surface area contributed by atoms with Crippen LogP contribution in [0.25, 0.3) is 0 Å². The van der Waals surface area contributed by atoms with Crippen molar-refractivity contribution in [1.29, 1.82) is 0 Å². The molecule has 0 heterocycles. The van der Waals surface area contributed by atoms with E-state index in [1.165, 1.54) is 24.0 Å². The molecule has 1 aliphatic carbocycles. The van der Waals surface area contributed by atoms with E-state index in [1.807, 2.05) is 24.3 Å². The summed E-state index contributed by atoms with van der Waals surface area (Å²) >= 11 is 0. The zero-order chi connectivity index (χ0) is 14.5. The largest absolute Gasteiger partial charge is 0.497 e. The van der Waals surface area contributed by atoms with Gasteiger partial charge in [-0.05, 0) is 48.2 Å². The van der Waals surface area contributed by atoms with Gasteiger partial charge in [0, 0.05) is 12.6 Å². The number of ether oxygens (including phenoxy) is 2. The predicted molar refractivity (Wildman–Crippen MR) is 84.0 cm³/mol. The summed E-state index contributed by atoms with van der Waals surface area (Å²) in [6.45, 7) is 1.52. The number of aryl methyl sites for hydroxylation is 1. The van der Waals surface area contributed by atoms with Crippen molar-refractivity contribution in [2.24, 2.45) is 0 Å². The number of fused-ring (bicyclic) bond motifs is 1. The fourth-order valence-corrected chi connectivity index (χ4v) is 2.84. The van der Waals surface area contributed by atoms with Crippen LogP contribution in [-0.4, -0.2) is 20.3 Å². The van der Waals surface area contributed by atoms with Crippen LogP contribution in [-0.2, 0) is 6.42 Å². The van der Waals surface area contributed by atoms with E-state index in [1.54, 1.807) is 7.11 Å². The molecule has 1 unspecified atom stereocenters. The average molecular weight is 283 g/mol. The number of hydrogen-bond acceptors (Lipinski definition) is 3. The molecule has 0 saturated heterocycles. The summed E-state index contributed by atoms with van der Waals surface area (Å²) in [4.78, 5) is 0. The molecule has 3 heteroatoms. The summed E-state index contributed by atoms with van der Waals surface area (Å²) in [6, 6.07) is 16.9. The summed E-state index contributed by atoms with van der Waals surface area (Å²) in [5, 5.41) is 3.58. The van der Waals surface area contributed by atoms with E-state index in [2.05, 4.69) is 29.6 Å². The molecule has 0 fully saturated rings. The molecule has 1 atom stereocenters. The quantitative estimate of drug-likeness (QED) is 0.825. The number of rotatable bonds is 6. The first-order chi connectivity index (χ1) is 10.4. The normalized spacial score (nSPS) is 16.5. The van der Waals surface area contributed by atoms with Gasteiger partial charge in [-0.1, -0.05) is 24.3 Å². The summed E-state index contributed by atoms with van der Waals surface area (Å²) in [6.07, 6.45) is 2.36. The lowest BCUT2D eigenvalue weighted by Crippen LogP contribution is -2.24. The lowest BCUT2D eigenvalue weighted by atomic mass is 10.1. The molecule has 0 aromatic heterocycles. The van der Waals surface area contributed by atoms with Crippen LogP contribution in [0.3, 0.4) is 0 Å². The maximum absolute atomic E-state index is 5.74. The van der Waals surface area contributed by atoms with Gasteiger partial charge in [0.2, 0.25) is 0 Å². The van der Waals surface area contributed by atoms with Crippen LogP contribution in [0.4, 0.5) is 0 Å². The molecule has 1 N–H and O–H groups in total. The number of methoxy groups -OCH3 is 1. The SMILES string of the molecule is COc1ccc(OCCNC2CCc3ccccc32)cc1. The van der Waals surface area contributed by atoms with Crippen molar-refractivity contribution in [2.75, 3.05) is 20.3 Å². The second-order valence-corrected chi connectivity index (χ2v) is 5.27. The summed E-state index contributed by atoms with van der Waals surface area (Å²) < 4.78 is 10.9. The van der Waals surface area contributed by atoms with Gasteiger partial charge in [-0.2, -0.15) is 0 Å². The Morgan fingerprint density at radius 2 is 1.81 bits per heavy atom. The van der Waals surface area contributed by atoms with Crippen LogP contribution in [0, 0.1) is 0 Å². The predicted octanol–water partition coefficient (Wildman–Crippen LogP) is 3.35. The molecular weight excluding hydrogens is 262 g/mol. The van der Waals surface area contributed by atoms with Gasteiger partial charge < -0.3 is 14.8 Å². The molecule has 0 amide bonds. The summed E-state index contributed by atoms with van der Waals surface area (Å²) in [5.74, 6) is 1.73. The maximum Gasteiger partial charge on any atom is 0.119 e. The first-order valence-electron chi connectivity index (χ1n) is 7.45. The number of hydrogen-bond donors (Lipinski definition) is 1. The third-order valence-corrected chi connectivity index (χ3v) is 3.95. The third-order valence-electron chi connectivity index (χ3n) is 3.95. The molecule has 3 nitrogen and oxygen atoms in total. The number of benzene rings is 2. The topological polar surface area (TPSA) is 30.5 Å². The molecular formula is C18H21NO2. The Morgan fingerprint density at radius 3 is 2.62 bits per heavy atom. The fraction of sp³-hybridized carbons (Fsp3) is 0.333. The van der Waals surface area contributed by atoms with Crippen LogP contribution in [0.2, 0.25) is 0 Å². The molecule has 3 rings (SSSR count). The van der Waals surface area contributed by atoms with E-state index in [0.29, 0.717) is 12.6 Å². The smallest absolute Gasteiger partial charge is 0.119 e. The highest BCUT2D eigenvalue weighted by Gasteiger charge is 2.20. The number of nitrogens with one attached hydrogen (secondary N) is 1. The zero-order valence-electron chi connectivity index (χ0n) is 12.3. The van der Waals surface area contributed by atoms with E-state index >= 15 is 0 Å². The van der Waals surface area contributed by atoms with Crippen LogP contribution >= 0.6 is 0 Å². The standard InChI is InChI=1S/C18H21NO2/c1-20-15-7-9-16(10-8-15)21-13-12-19-18-11-6-14-4-2-3-5-17(14)18/h2-5,7-10,18-19H,6,11-13H2,1H3. The molecule has 0 saturated carbocycles. The third kappa shape index (κ3) is 3.37. The Bertz CT molecular complexity index is 580. The van der Waals surface area contributed by atoms with Crippen molar-refractivity contribution < 1.29 is 9.47 Å². The van der Waals surface area contributed by atoms with Gasteiger partial charge >= 0.3 is 0 Å². The van der Waals surface area contributed by atoms with E-state index in [4.69, 9.17) is 9.47 Å². The zero-order valence-corrected chi connectivity index (χ0v) is 12.3. The van der Waals surface area contributed by atoms with Crippen molar-refractivity contribution in [1.82, 2.24) is 5.32 Å². The Labute approximate surface area is 125 Å². The Balaban J connectivity index is 1.44.